The first-order valence-corrected chi connectivity index (χ1v) is 8.86. The van der Waals surface area contributed by atoms with Crippen LogP contribution in [0.25, 0.3) is 0 Å². The average molecular weight is 544 g/mol. The van der Waals surface area contributed by atoms with E-state index in [1.165, 1.54) is 0 Å². The highest BCUT2D eigenvalue weighted by Gasteiger charge is 2.13. The molecular weight excluding hydrogens is 536 g/mol. The Hall–Kier alpha value is -0.370. The molecule has 0 aromatic heterocycles. The summed E-state index contributed by atoms with van der Waals surface area (Å²) in [6.07, 6.45) is 0. The van der Waals surface area contributed by atoms with E-state index in [1.807, 2.05) is 12.1 Å². The summed E-state index contributed by atoms with van der Waals surface area (Å²) >= 11 is 13.4. The number of hydrogen-bond acceptors (Lipinski definition) is 3. The number of ether oxygens (including phenoxy) is 2. The third-order valence-corrected chi connectivity index (χ3v) is 4.51. The van der Waals surface area contributed by atoms with Crippen molar-refractivity contribution in [1.29, 1.82) is 0 Å². The van der Waals surface area contributed by atoms with Crippen LogP contribution >= 0.6 is 63.7 Å². The van der Waals surface area contributed by atoms with Gasteiger partial charge in [0.05, 0.1) is 8.95 Å². The van der Waals surface area contributed by atoms with Crippen LogP contribution in [0.2, 0.25) is 0 Å². The quantitative estimate of drug-likeness (QED) is 0.365. The third kappa shape index (κ3) is 5.09. The second-order valence-corrected chi connectivity index (χ2v) is 7.46. The van der Waals surface area contributed by atoms with Crippen molar-refractivity contribution in [3.8, 4) is 11.5 Å². The molecule has 0 aliphatic carbocycles. The topological polar surface area (TPSA) is 35.5 Å². The number of carbonyl (C=O) groups is 1. The third-order valence-electron chi connectivity index (χ3n) is 2.35. The lowest BCUT2D eigenvalue weighted by Crippen LogP contribution is -2.18. The van der Waals surface area contributed by atoms with Gasteiger partial charge in [0.25, 0.3) is 0 Å². The van der Waals surface area contributed by atoms with E-state index in [-0.39, 0.29) is 6.61 Å². The molecule has 0 spiro atoms. The standard InChI is InChI=1S/C14H8Br4O3/c15-8-1-3-10(4-2-8)20-7-13(19)21-14-11(17)5-9(16)6-12(14)18/h1-6H,7H2. The van der Waals surface area contributed by atoms with Crippen molar-refractivity contribution in [2.24, 2.45) is 0 Å². The van der Waals surface area contributed by atoms with E-state index in [1.54, 1.807) is 24.3 Å². The van der Waals surface area contributed by atoms with Crippen LogP contribution in [-0.4, -0.2) is 12.6 Å². The maximum absolute atomic E-state index is 11.8. The molecule has 0 radical (unpaired) electrons. The minimum Gasteiger partial charge on any atom is -0.482 e. The number of rotatable bonds is 4. The molecule has 110 valence electrons. The Labute approximate surface area is 155 Å². The highest BCUT2D eigenvalue weighted by atomic mass is 79.9. The van der Waals surface area contributed by atoms with Gasteiger partial charge >= 0.3 is 5.97 Å². The summed E-state index contributed by atoms with van der Waals surface area (Å²) < 4.78 is 13.8. The summed E-state index contributed by atoms with van der Waals surface area (Å²) in [5.74, 6) is 0.535. The van der Waals surface area contributed by atoms with Crippen molar-refractivity contribution in [1.82, 2.24) is 0 Å². The highest BCUT2D eigenvalue weighted by Crippen LogP contribution is 2.36. The molecule has 0 saturated heterocycles. The zero-order chi connectivity index (χ0) is 15.4. The average Bonchev–Trinajstić information content (AvgIpc) is 2.42. The van der Waals surface area contributed by atoms with Gasteiger partial charge in [-0.15, -0.1) is 0 Å². The van der Waals surface area contributed by atoms with Gasteiger partial charge in [-0.2, -0.15) is 0 Å². The molecule has 21 heavy (non-hydrogen) atoms. The van der Waals surface area contributed by atoms with E-state index in [0.717, 1.165) is 8.95 Å². The number of benzene rings is 2. The fourth-order valence-electron chi connectivity index (χ4n) is 1.44. The number of esters is 1. The highest BCUT2D eigenvalue weighted by molar-refractivity contribution is 9.11. The fourth-order valence-corrected chi connectivity index (χ4v) is 4.13. The van der Waals surface area contributed by atoms with Gasteiger partial charge in [0.2, 0.25) is 0 Å². The molecule has 2 aromatic rings. The molecule has 0 atom stereocenters. The van der Waals surface area contributed by atoms with Gasteiger partial charge in [0, 0.05) is 8.95 Å². The summed E-state index contributed by atoms with van der Waals surface area (Å²) in [7, 11) is 0. The first kappa shape index (κ1) is 17.0. The Morgan fingerprint density at radius 1 is 0.905 bits per heavy atom. The summed E-state index contributed by atoms with van der Waals surface area (Å²) in [5, 5.41) is 0. The number of hydrogen-bond donors (Lipinski definition) is 0. The Balaban J connectivity index is 1.97. The van der Waals surface area contributed by atoms with Crippen molar-refractivity contribution in [2.75, 3.05) is 6.61 Å². The van der Waals surface area contributed by atoms with Crippen molar-refractivity contribution in [3.63, 3.8) is 0 Å². The lowest BCUT2D eigenvalue weighted by Gasteiger charge is -2.10. The summed E-state index contributed by atoms with van der Waals surface area (Å²) in [4.78, 5) is 11.8. The molecule has 2 rings (SSSR count). The molecule has 0 N–H and O–H groups in total. The Morgan fingerprint density at radius 3 is 2.05 bits per heavy atom. The summed E-state index contributed by atoms with van der Waals surface area (Å²) in [6, 6.07) is 10.8. The molecule has 3 nitrogen and oxygen atoms in total. The van der Waals surface area contributed by atoms with Crippen molar-refractivity contribution < 1.29 is 14.3 Å². The monoisotopic (exact) mass is 540 g/mol. The largest absolute Gasteiger partial charge is 0.482 e. The normalized spacial score (nSPS) is 10.3. The van der Waals surface area contributed by atoms with Gasteiger partial charge in [-0.3, -0.25) is 0 Å². The Morgan fingerprint density at radius 2 is 1.48 bits per heavy atom. The SMILES string of the molecule is O=C(COc1ccc(Br)cc1)Oc1c(Br)cc(Br)cc1Br. The molecule has 0 saturated carbocycles. The number of carbonyl (C=O) groups excluding carboxylic acids is 1. The van der Waals surface area contributed by atoms with Crippen LogP contribution in [0.5, 0.6) is 11.5 Å². The van der Waals surface area contributed by atoms with Crippen molar-refractivity contribution >= 4 is 69.7 Å². The minimum atomic E-state index is -0.485. The molecule has 2 aromatic carbocycles. The first-order valence-electron chi connectivity index (χ1n) is 5.69. The molecule has 0 amide bonds. The van der Waals surface area contributed by atoms with Crippen LogP contribution in [0.15, 0.2) is 54.3 Å². The van der Waals surface area contributed by atoms with E-state index in [0.29, 0.717) is 20.4 Å². The predicted molar refractivity (Wildman–Crippen MR) is 94.8 cm³/mol. The molecule has 0 bridgehead atoms. The molecule has 0 aliphatic heterocycles. The maximum atomic E-state index is 11.8. The predicted octanol–water partition coefficient (Wildman–Crippen LogP) is 5.72. The molecular formula is C14H8Br4O3. The first-order chi connectivity index (χ1) is 9.95. The van der Waals surface area contributed by atoms with E-state index in [9.17, 15) is 4.79 Å². The van der Waals surface area contributed by atoms with Crippen LogP contribution in [0.1, 0.15) is 0 Å². The van der Waals surface area contributed by atoms with Crippen molar-refractivity contribution in [2.45, 2.75) is 0 Å². The summed E-state index contributed by atoms with van der Waals surface area (Å²) in [6.45, 7) is -0.170. The second kappa shape index (κ2) is 7.76. The van der Waals surface area contributed by atoms with Gasteiger partial charge < -0.3 is 9.47 Å². The Kier molecular flexibility index (Phi) is 6.28. The van der Waals surface area contributed by atoms with E-state index < -0.39 is 5.97 Å². The van der Waals surface area contributed by atoms with Crippen LogP contribution in [-0.2, 0) is 4.79 Å². The lowest BCUT2D eigenvalue weighted by atomic mass is 10.3. The fraction of sp³-hybridized carbons (Fsp3) is 0.0714. The lowest BCUT2D eigenvalue weighted by molar-refractivity contribution is -0.136. The zero-order valence-electron chi connectivity index (χ0n) is 10.4. The summed E-state index contributed by atoms with van der Waals surface area (Å²) in [5.41, 5.74) is 0. The molecule has 0 heterocycles. The molecule has 7 heteroatoms. The van der Waals surface area contributed by atoms with Crippen LogP contribution in [0.4, 0.5) is 0 Å². The molecule has 0 unspecified atom stereocenters. The minimum absolute atomic E-state index is 0.170. The molecule has 0 aliphatic rings. The van der Waals surface area contributed by atoms with Crippen LogP contribution in [0.3, 0.4) is 0 Å². The van der Waals surface area contributed by atoms with Gasteiger partial charge in [-0.25, -0.2) is 4.79 Å². The van der Waals surface area contributed by atoms with Crippen LogP contribution < -0.4 is 9.47 Å². The second-order valence-electron chi connectivity index (χ2n) is 3.92. The smallest absolute Gasteiger partial charge is 0.349 e. The van der Waals surface area contributed by atoms with Gasteiger partial charge in [-0.1, -0.05) is 31.9 Å². The number of halogens is 4. The van der Waals surface area contributed by atoms with Gasteiger partial charge in [0.15, 0.2) is 12.4 Å². The molecule has 0 fully saturated rings. The zero-order valence-corrected chi connectivity index (χ0v) is 16.8. The van der Waals surface area contributed by atoms with E-state index in [2.05, 4.69) is 63.7 Å². The van der Waals surface area contributed by atoms with E-state index >= 15 is 0 Å². The van der Waals surface area contributed by atoms with E-state index in [4.69, 9.17) is 9.47 Å². The Bertz CT molecular complexity index is 633. The van der Waals surface area contributed by atoms with Gasteiger partial charge in [0.1, 0.15) is 5.75 Å². The van der Waals surface area contributed by atoms with Crippen molar-refractivity contribution in [3.05, 3.63) is 54.3 Å². The van der Waals surface area contributed by atoms with Crippen LogP contribution in [0, 0.1) is 0 Å². The van der Waals surface area contributed by atoms with Gasteiger partial charge in [-0.05, 0) is 68.3 Å². The maximum Gasteiger partial charge on any atom is 0.349 e.